The van der Waals surface area contributed by atoms with Crippen LogP contribution >= 0.6 is 0 Å². The molecule has 0 aromatic heterocycles. The molecule has 0 atom stereocenters. The molecule has 120 valence electrons. The number of carbonyl (C=O) groups is 2. The van der Waals surface area contributed by atoms with E-state index in [2.05, 4.69) is 6.58 Å². The zero-order valence-corrected chi connectivity index (χ0v) is 13.0. The Morgan fingerprint density at radius 3 is 2.32 bits per heavy atom. The third kappa shape index (κ3) is 6.92. The molecule has 0 aliphatic carbocycles. The molecule has 5 heteroatoms. The van der Waals surface area contributed by atoms with Crippen LogP contribution < -0.4 is 5.73 Å². The number of carbonyl (C=O) groups excluding carboxylic acids is 2. The Labute approximate surface area is 131 Å². The molecule has 1 rings (SSSR count). The van der Waals surface area contributed by atoms with Gasteiger partial charge in [0.2, 0.25) is 0 Å². The van der Waals surface area contributed by atoms with Gasteiger partial charge in [0.15, 0.2) is 0 Å². The van der Waals surface area contributed by atoms with Gasteiger partial charge in [-0.25, -0.2) is 9.59 Å². The first kappa shape index (κ1) is 17.8. The van der Waals surface area contributed by atoms with Crippen molar-refractivity contribution in [3.63, 3.8) is 0 Å². The summed E-state index contributed by atoms with van der Waals surface area (Å²) in [6.45, 7) is 5.90. The van der Waals surface area contributed by atoms with Gasteiger partial charge in [-0.2, -0.15) is 0 Å². The van der Waals surface area contributed by atoms with Crippen molar-refractivity contribution in [2.24, 2.45) is 0 Å². The minimum atomic E-state index is -0.359. The maximum atomic E-state index is 11.7. The number of ether oxygens (including phenoxy) is 2. The molecule has 0 fully saturated rings. The SMILES string of the molecule is C=C(C)C(=O)OCCCCCCOC(=O)c1cccc(N)c1. The number of nitrogen functional groups attached to an aromatic ring is 1. The van der Waals surface area contributed by atoms with Gasteiger partial charge in [-0.3, -0.25) is 0 Å². The lowest BCUT2D eigenvalue weighted by molar-refractivity contribution is -0.139. The molecule has 0 aliphatic rings. The van der Waals surface area contributed by atoms with Crippen LogP contribution in [-0.4, -0.2) is 25.2 Å². The molecule has 22 heavy (non-hydrogen) atoms. The summed E-state index contributed by atoms with van der Waals surface area (Å²) in [6.07, 6.45) is 3.40. The molecule has 0 spiro atoms. The monoisotopic (exact) mass is 305 g/mol. The zero-order valence-electron chi connectivity index (χ0n) is 13.0. The molecule has 1 aromatic carbocycles. The van der Waals surface area contributed by atoms with Crippen molar-refractivity contribution in [1.82, 2.24) is 0 Å². The lowest BCUT2D eigenvalue weighted by Crippen LogP contribution is -2.07. The van der Waals surface area contributed by atoms with E-state index in [0.717, 1.165) is 25.7 Å². The van der Waals surface area contributed by atoms with Crippen LogP contribution in [0, 0.1) is 0 Å². The maximum absolute atomic E-state index is 11.7. The molecular formula is C17H23NO4. The van der Waals surface area contributed by atoms with E-state index in [1.165, 1.54) is 0 Å². The van der Waals surface area contributed by atoms with Crippen LogP contribution in [0.4, 0.5) is 5.69 Å². The van der Waals surface area contributed by atoms with E-state index in [0.29, 0.717) is 30.0 Å². The van der Waals surface area contributed by atoms with Crippen molar-refractivity contribution in [3.05, 3.63) is 42.0 Å². The van der Waals surface area contributed by atoms with E-state index in [4.69, 9.17) is 15.2 Å². The van der Waals surface area contributed by atoms with Crippen molar-refractivity contribution in [1.29, 1.82) is 0 Å². The summed E-state index contributed by atoms with van der Waals surface area (Å²) in [4.78, 5) is 22.9. The maximum Gasteiger partial charge on any atom is 0.338 e. The number of nitrogens with two attached hydrogens (primary N) is 1. The van der Waals surface area contributed by atoms with Crippen LogP contribution in [0.25, 0.3) is 0 Å². The highest BCUT2D eigenvalue weighted by Gasteiger charge is 2.06. The Hall–Kier alpha value is -2.30. The summed E-state index contributed by atoms with van der Waals surface area (Å²) in [6, 6.07) is 6.71. The molecule has 0 heterocycles. The predicted molar refractivity (Wildman–Crippen MR) is 85.4 cm³/mol. The molecule has 0 saturated heterocycles. The van der Waals surface area contributed by atoms with Gasteiger partial charge in [-0.1, -0.05) is 12.6 Å². The van der Waals surface area contributed by atoms with Crippen LogP contribution in [0.5, 0.6) is 0 Å². The van der Waals surface area contributed by atoms with Gasteiger partial charge in [0.1, 0.15) is 0 Å². The fourth-order valence-electron chi connectivity index (χ4n) is 1.76. The molecule has 0 radical (unpaired) electrons. The largest absolute Gasteiger partial charge is 0.462 e. The predicted octanol–water partition coefficient (Wildman–Crippen LogP) is 3.11. The second-order valence-corrected chi connectivity index (χ2v) is 5.09. The molecule has 0 saturated carbocycles. The summed E-state index contributed by atoms with van der Waals surface area (Å²) >= 11 is 0. The summed E-state index contributed by atoms with van der Waals surface area (Å²) in [5.41, 5.74) is 7.03. The Morgan fingerprint density at radius 1 is 1.09 bits per heavy atom. The smallest absolute Gasteiger partial charge is 0.338 e. The Bertz CT molecular complexity index is 525. The number of esters is 2. The second-order valence-electron chi connectivity index (χ2n) is 5.09. The highest BCUT2D eigenvalue weighted by Crippen LogP contribution is 2.09. The van der Waals surface area contributed by atoms with Crippen molar-refractivity contribution in [3.8, 4) is 0 Å². The highest BCUT2D eigenvalue weighted by molar-refractivity contribution is 5.90. The normalized spacial score (nSPS) is 10.0. The Balaban J connectivity index is 2.05. The van der Waals surface area contributed by atoms with Gasteiger partial charge in [0.25, 0.3) is 0 Å². The average Bonchev–Trinajstić information content (AvgIpc) is 2.49. The Kier molecular flexibility index (Phi) is 7.75. The minimum Gasteiger partial charge on any atom is -0.462 e. The van der Waals surface area contributed by atoms with Crippen LogP contribution in [0.3, 0.4) is 0 Å². The highest BCUT2D eigenvalue weighted by atomic mass is 16.5. The number of unbranched alkanes of at least 4 members (excludes halogenated alkanes) is 3. The van der Waals surface area contributed by atoms with E-state index >= 15 is 0 Å². The molecule has 1 aromatic rings. The fourth-order valence-corrected chi connectivity index (χ4v) is 1.76. The average molecular weight is 305 g/mol. The molecule has 5 nitrogen and oxygen atoms in total. The van der Waals surface area contributed by atoms with E-state index < -0.39 is 0 Å². The van der Waals surface area contributed by atoms with E-state index in [1.807, 2.05) is 0 Å². The summed E-state index contributed by atoms with van der Waals surface area (Å²) in [5, 5.41) is 0. The number of hydrogen-bond acceptors (Lipinski definition) is 5. The van der Waals surface area contributed by atoms with Crippen molar-refractivity contribution < 1.29 is 19.1 Å². The standard InChI is InChI=1S/C17H23NO4/c1-13(2)16(19)21-10-5-3-4-6-11-22-17(20)14-8-7-9-15(18)12-14/h7-9,12H,1,3-6,10-11,18H2,2H3. The van der Waals surface area contributed by atoms with E-state index in [-0.39, 0.29) is 11.9 Å². The third-order valence-corrected chi connectivity index (χ3v) is 2.98. The van der Waals surface area contributed by atoms with E-state index in [1.54, 1.807) is 31.2 Å². The van der Waals surface area contributed by atoms with Gasteiger partial charge in [-0.05, 0) is 50.8 Å². The quantitative estimate of drug-likeness (QED) is 0.328. The second kappa shape index (κ2) is 9.60. The minimum absolute atomic E-state index is 0.351. The first-order valence-electron chi connectivity index (χ1n) is 7.36. The molecule has 0 aliphatic heterocycles. The van der Waals surface area contributed by atoms with Crippen molar-refractivity contribution >= 4 is 17.6 Å². The van der Waals surface area contributed by atoms with Gasteiger partial charge >= 0.3 is 11.9 Å². The molecular weight excluding hydrogens is 282 g/mol. The molecule has 0 bridgehead atoms. The van der Waals surface area contributed by atoms with Crippen LogP contribution in [-0.2, 0) is 14.3 Å². The van der Waals surface area contributed by atoms with Gasteiger partial charge < -0.3 is 15.2 Å². The zero-order chi connectivity index (χ0) is 16.4. The van der Waals surface area contributed by atoms with Crippen LogP contribution in [0.2, 0.25) is 0 Å². The van der Waals surface area contributed by atoms with Crippen molar-refractivity contribution in [2.75, 3.05) is 18.9 Å². The lowest BCUT2D eigenvalue weighted by atomic mass is 10.2. The topological polar surface area (TPSA) is 78.6 Å². The van der Waals surface area contributed by atoms with Gasteiger partial charge in [-0.15, -0.1) is 0 Å². The molecule has 2 N–H and O–H groups in total. The number of benzene rings is 1. The first-order chi connectivity index (χ1) is 10.5. The van der Waals surface area contributed by atoms with Crippen LogP contribution in [0.1, 0.15) is 43.0 Å². The number of hydrogen-bond donors (Lipinski definition) is 1. The van der Waals surface area contributed by atoms with Gasteiger partial charge in [0, 0.05) is 11.3 Å². The first-order valence-corrected chi connectivity index (χ1v) is 7.36. The Morgan fingerprint density at radius 2 is 1.73 bits per heavy atom. The number of rotatable bonds is 9. The molecule has 0 unspecified atom stereocenters. The van der Waals surface area contributed by atoms with Gasteiger partial charge in [0.05, 0.1) is 18.8 Å². The summed E-state index contributed by atoms with van der Waals surface area (Å²) < 4.78 is 10.1. The lowest BCUT2D eigenvalue weighted by Gasteiger charge is -2.06. The van der Waals surface area contributed by atoms with E-state index in [9.17, 15) is 9.59 Å². The molecule has 0 amide bonds. The summed E-state index contributed by atoms with van der Waals surface area (Å²) in [7, 11) is 0. The van der Waals surface area contributed by atoms with Crippen LogP contribution in [0.15, 0.2) is 36.4 Å². The van der Waals surface area contributed by atoms with Crippen molar-refractivity contribution in [2.45, 2.75) is 32.6 Å². The third-order valence-electron chi connectivity index (χ3n) is 2.98. The summed E-state index contributed by atoms with van der Waals surface area (Å²) in [5.74, 6) is -0.709. The fraction of sp³-hybridized carbons (Fsp3) is 0.412. The number of anilines is 1.